The molecule has 0 aliphatic rings. The second kappa shape index (κ2) is 5.40. The van der Waals surface area contributed by atoms with Crippen molar-refractivity contribution in [3.63, 3.8) is 0 Å². The Morgan fingerprint density at radius 2 is 2.00 bits per heavy atom. The molecular formula is C14H8F4N2O. The lowest BCUT2D eigenvalue weighted by Crippen LogP contribution is -2.22. The number of Topliss-reactive ketones (excluding diaryl/α,β-unsaturated/α-hetero) is 1. The molecule has 0 N–H and O–H groups in total. The Bertz CT molecular complexity index is 725. The molecule has 0 aliphatic heterocycles. The fourth-order valence-electron chi connectivity index (χ4n) is 1.78. The Labute approximate surface area is 117 Å². The zero-order chi connectivity index (χ0) is 15.6. The first-order valence-electron chi connectivity index (χ1n) is 5.77. The molecule has 0 atom stereocenters. The topological polar surface area (TPSA) is 45.8 Å². The van der Waals surface area contributed by atoms with Crippen LogP contribution >= 0.6 is 0 Å². The zero-order valence-electron chi connectivity index (χ0n) is 10.5. The van der Waals surface area contributed by atoms with Crippen LogP contribution in [-0.2, 0) is 6.54 Å². The summed E-state index contributed by atoms with van der Waals surface area (Å²) >= 11 is 0. The van der Waals surface area contributed by atoms with E-state index in [0.717, 1.165) is 18.3 Å². The second-order valence-corrected chi connectivity index (χ2v) is 4.32. The summed E-state index contributed by atoms with van der Waals surface area (Å²) in [6, 6.07) is 6.63. The highest BCUT2D eigenvalue weighted by atomic mass is 19.4. The predicted molar refractivity (Wildman–Crippen MR) is 65.0 cm³/mol. The second-order valence-electron chi connectivity index (χ2n) is 4.32. The van der Waals surface area contributed by atoms with E-state index in [9.17, 15) is 22.4 Å². The summed E-state index contributed by atoms with van der Waals surface area (Å²) in [5.41, 5.74) is -0.149. The van der Waals surface area contributed by atoms with Gasteiger partial charge in [-0.25, -0.2) is 4.39 Å². The Balaban J connectivity index is 2.21. The van der Waals surface area contributed by atoms with Crippen LogP contribution in [0.4, 0.5) is 17.6 Å². The summed E-state index contributed by atoms with van der Waals surface area (Å²) in [7, 11) is 0. The van der Waals surface area contributed by atoms with E-state index in [4.69, 9.17) is 5.26 Å². The van der Waals surface area contributed by atoms with Gasteiger partial charge in [-0.1, -0.05) is 6.07 Å². The van der Waals surface area contributed by atoms with E-state index in [0.29, 0.717) is 0 Å². The van der Waals surface area contributed by atoms with Crippen molar-refractivity contribution in [3.05, 3.63) is 59.2 Å². The van der Waals surface area contributed by atoms with Crippen LogP contribution in [0.2, 0.25) is 0 Å². The molecule has 108 valence electrons. The Kier molecular flexibility index (Phi) is 3.80. The molecular weight excluding hydrogens is 288 g/mol. The Morgan fingerprint density at radius 3 is 2.57 bits per heavy atom. The highest BCUT2D eigenvalue weighted by Crippen LogP contribution is 2.22. The van der Waals surface area contributed by atoms with Crippen LogP contribution in [-0.4, -0.2) is 16.5 Å². The predicted octanol–water partition coefficient (Wildman–Crippen LogP) is 3.29. The van der Waals surface area contributed by atoms with Crippen LogP contribution in [0.25, 0.3) is 0 Å². The molecule has 0 saturated carbocycles. The number of carbonyl (C=O) groups is 1. The molecule has 0 unspecified atom stereocenters. The quantitative estimate of drug-likeness (QED) is 0.644. The smallest absolute Gasteiger partial charge is 0.349 e. The molecule has 2 rings (SSSR count). The maximum atomic E-state index is 13.7. The third kappa shape index (κ3) is 3.28. The maximum Gasteiger partial charge on any atom is 0.454 e. The van der Waals surface area contributed by atoms with Gasteiger partial charge in [0.15, 0.2) is 0 Å². The number of nitrogens with zero attached hydrogens (tertiary/aromatic N) is 2. The lowest BCUT2D eigenvalue weighted by molar-refractivity contribution is -0.0885. The summed E-state index contributed by atoms with van der Waals surface area (Å²) in [5, 5.41) is 8.62. The van der Waals surface area contributed by atoms with Gasteiger partial charge in [0.2, 0.25) is 0 Å². The van der Waals surface area contributed by atoms with Gasteiger partial charge in [0.05, 0.1) is 11.6 Å². The molecule has 0 bridgehead atoms. The van der Waals surface area contributed by atoms with Gasteiger partial charge < -0.3 is 4.57 Å². The molecule has 0 spiro atoms. The van der Waals surface area contributed by atoms with Crippen molar-refractivity contribution in [1.29, 1.82) is 5.26 Å². The number of nitriles is 1. The van der Waals surface area contributed by atoms with Crippen LogP contribution in [0.3, 0.4) is 0 Å². The lowest BCUT2D eigenvalue weighted by Gasteiger charge is -2.05. The molecule has 3 nitrogen and oxygen atoms in total. The van der Waals surface area contributed by atoms with Gasteiger partial charge in [0.1, 0.15) is 5.82 Å². The monoisotopic (exact) mass is 296 g/mol. The molecule has 2 aromatic rings. The van der Waals surface area contributed by atoms with E-state index in [1.165, 1.54) is 22.9 Å². The molecule has 0 radical (unpaired) electrons. The van der Waals surface area contributed by atoms with E-state index >= 15 is 0 Å². The number of aromatic nitrogens is 1. The SMILES string of the molecule is N#Cc1ccc(Cn2ccc(C(=O)C(F)(F)F)c2)c(F)c1. The van der Waals surface area contributed by atoms with E-state index < -0.39 is 23.3 Å². The number of halogens is 4. The Morgan fingerprint density at radius 1 is 1.29 bits per heavy atom. The first-order chi connectivity index (χ1) is 9.81. The normalized spacial score (nSPS) is 11.2. The number of hydrogen-bond acceptors (Lipinski definition) is 2. The number of hydrogen-bond donors (Lipinski definition) is 0. The Hall–Kier alpha value is -2.62. The summed E-state index contributed by atoms with van der Waals surface area (Å²) in [6.45, 7) is -0.0390. The average molecular weight is 296 g/mol. The molecule has 21 heavy (non-hydrogen) atoms. The summed E-state index contributed by atoms with van der Waals surface area (Å²) < 4.78 is 51.7. The van der Waals surface area contributed by atoms with E-state index in [-0.39, 0.29) is 17.7 Å². The number of alkyl halides is 3. The van der Waals surface area contributed by atoms with Crippen molar-refractivity contribution in [1.82, 2.24) is 4.57 Å². The van der Waals surface area contributed by atoms with Crippen LogP contribution in [0.15, 0.2) is 36.7 Å². The van der Waals surface area contributed by atoms with Gasteiger partial charge in [0.25, 0.3) is 5.78 Å². The van der Waals surface area contributed by atoms with Crippen molar-refractivity contribution in [2.24, 2.45) is 0 Å². The van der Waals surface area contributed by atoms with Gasteiger partial charge in [-0.05, 0) is 18.2 Å². The summed E-state index contributed by atoms with van der Waals surface area (Å²) in [4.78, 5) is 11.0. The van der Waals surface area contributed by atoms with Crippen LogP contribution in [0.1, 0.15) is 21.5 Å². The fraction of sp³-hybridized carbons (Fsp3) is 0.143. The maximum absolute atomic E-state index is 13.7. The van der Waals surface area contributed by atoms with Gasteiger partial charge in [-0.15, -0.1) is 0 Å². The molecule has 0 amide bonds. The molecule has 1 aromatic carbocycles. The molecule has 7 heteroatoms. The fourth-order valence-corrected chi connectivity index (χ4v) is 1.78. The highest BCUT2D eigenvalue weighted by Gasteiger charge is 2.39. The van der Waals surface area contributed by atoms with Crippen LogP contribution in [0.5, 0.6) is 0 Å². The van der Waals surface area contributed by atoms with Crippen LogP contribution < -0.4 is 0 Å². The minimum atomic E-state index is -4.94. The average Bonchev–Trinajstić information content (AvgIpc) is 2.87. The third-order valence-corrected chi connectivity index (χ3v) is 2.81. The van der Waals surface area contributed by atoms with Crippen molar-refractivity contribution < 1.29 is 22.4 Å². The van der Waals surface area contributed by atoms with Crippen molar-refractivity contribution in [3.8, 4) is 6.07 Å². The standard InChI is InChI=1S/C14H8F4N2O/c15-12-5-9(6-19)1-2-10(12)7-20-4-3-11(8-20)13(21)14(16,17)18/h1-5,8H,7H2. The third-order valence-electron chi connectivity index (χ3n) is 2.81. The van der Waals surface area contributed by atoms with Crippen molar-refractivity contribution in [2.45, 2.75) is 12.7 Å². The van der Waals surface area contributed by atoms with Gasteiger partial charge in [-0.3, -0.25) is 4.79 Å². The zero-order valence-corrected chi connectivity index (χ0v) is 10.5. The van der Waals surface area contributed by atoms with Crippen molar-refractivity contribution in [2.75, 3.05) is 0 Å². The first-order valence-corrected chi connectivity index (χ1v) is 5.77. The van der Waals surface area contributed by atoms with E-state index in [1.807, 2.05) is 0 Å². The minimum Gasteiger partial charge on any atom is -0.349 e. The lowest BCUT2D eigenvalue weighted by atomic mass is 10.1. The van der Waals surface area contributed by atoms with E-state index in [2.05, 4.69) is 0 Å². The number of ketones is 1. The largest absolute Gasteiger partial charge is 0.454 e. The van der Waals surface area contributed by atoms with Gasteiger partial charge >= 0.3 is 6.18 Å². The number of rotatable bonds is 3. The first kappa shape index (κ1) is 14.8. The van der Waals surface area contributed by atoms with Crippen molar-refractivity contribution >= 4 is 5.78 Å². The van der Waals surface area contributed by atoms with Gasteiger partial charge in [0, 0.05) is 30.1 Å². The molecule has 0 fully saturated rings. The molecule has 0 saturated heterocycles. The molecule has 0 aliphatic carbocycles. The summed E-state index contributed by atoms with van der Waals surface area (Å²) in [6.07, 6.45) is -2.67. The summed E-state index contributed by atoms with van der Waals surface area (Å²) in [5.74, 6) is -2.58. The van der Waals surface area contributed by atoms with Crippen LogP contribution in [0, 0.1) is 17.1 Å². The van der Waals surface area contributed by atoms with E-state index in [1.54, 1.807) is 6.07 Å². The number of benzene rings is 1. The highest BCUT2D eigenvalue weighted by molar-refractivity contribution is 6.00. The molecule has 1 aromatic heterocycles. The molecule has 1 heterocycles. The van der Waals surface area contributed by atoms with Gasteiger partial charge in [-0.2, -0.15) is 18.4 Å². The minimum absolute atomic E-state index is 0.0390. The number of carbonyl (C=O) groups excluding carboxylic acids is 1.